The standard InChI is InChI=1S/C20H39NO/c1-2-3-4-5-6-7-8-9-10-11-12-13-14-15-16-17-18-19-20(21)22/h16-17H,2-15,18-19H2,1H3,(H2,21,22)/b17-16+. The van der Waals surface area contributed by atoms with Crippen LogP contribution in [-0.2, 0) is 4.79 Å². The van der Waals surface area contributed by atoms with Gasteiger partial charge in [-0.2, -0.15) is 0 Å². The molecular weight excluding hydrogens is 270 g/mol. The molecule has 0 bridgehead atoms. The topological polar surface area (TPSA) is 43.1 Å². The lowest BCUT2D eigenvalue weighted by atomic mass is 10.0. The molecule has 2 heteroatoms. The molecule has 0 fully saturated rings. The molecule has 0 aliphatic rings. The van der Waals surface area contributed by atoms with E-state index in [2.05, 4.69) is 19.1 Å². The van der Waals surface area contributed by atoms with Gasteiger partial charge in [0.1, 0.15) is 0 Å². The van der Waals surface area contributed by atoms with Crippen molar-refractivity contribution in [1.82, 2.24) is 0 Å². The van der Waals surface area contributed by atoms with E-state index in [-0.39, 0.29) is 5.91 Å². The van der Waals surface area contributed by atoms with Crippen molar-refractivity contribution in [2.75, 3.05) is 0 Å². The molecule has 0 rings (SSSR count). The van der Waals surface area contributed by atoms with Gasteiger partial charge in [0, 0.05) is 6.42 Å². The molecule has 0 atom stereocenters. The van der Waals surface area contributed by atoms with Crippen LogP contribution in [-0.4, -0.2) is 5.91 Å². The van der Waals surface area contributed by atoms with Gasteiger partial charge in [-0.3, -0.25) is 4.79 Å². The minimum absolute atomic E-state index is 0.203. The Morgan fingerprint density at radius 2 is 1.09 bits per heavy atom. The van der Waals surface area contributed by atoms with Crippen LogP contribution in [0.5, 0.6) is 0 Å². The van der Waals surface area contributed by atoms with E-state index < -0.39 is 0 Å². The predicted octanol–water partition coefficient (Wildman–Crippen LogP) is 6.29. The molecule has 2 N–H and O–H groups in total. The fourth-order valence-corrected chi connectivity index (χ4v) is 2.74. The van der Waals surface area contributed by atoms with Gasteiger partial charge in [0.15, 0.2) is 0 Å². The Morgan fingerprint density at radius 3 is 1.55 bits per heavy atom. The number of carbonyl (C=O) groups excluding carboxylic acids is 1. The van der Waals surface area contributed by atoms with Crippen molar-refractivity contribution in [3.63, 3.8) is 0 Å². The summed E-state index contributed by atoms with van der Waals surface area (Å²) < 4.78 is 0. The van der Waals surface area contributed by atoms with Crippen molar-refractivity contribution in [3.05, 3.63) is 12.2 Å². The van der Waals surface area contributed by atoms with Gasteiger partial charge in [-0.1, -0.05) is 96.1 Å². The first-order valence-electron chi connectivity index (χ1n) is 9.70. The maximum atomic E-state index is 10.5. The van der Waals surface area contributed by atoms with Gasteiger partial charge in [0.25, 0.3) is 0 Å². The van der Waals surface area contributed by atoms with Crippen LogP contribution in [0, 0.1) is 0 Å². The van der Waals surface area contributed by atoms with Crippen LogP contribution in [0.15, 0.2) is 12.2 Å². The lowest BCUT2D eigenvalue weighted by Gasteiger charge is -2.02. The summed E-state index contributed by atoms with van der Waals surface area (Å²) in [5, 5.41) is 0. The van der Waals surface area contributed by atoms with E-state index in [1.807, 2.05) is 0 Å². The molecule has 0 aliphatic heterocycles. The molecule has 130 valence electrons. The average molecular weight is 310 g/mol. The number of allylic oxidation sites excluding steroid dienone is 2. The molecule has 0 heterocycles. The summed E-state index contributed by atoms with van der Waals surface area (Å²) in [6, 6.07) is 0. The van der Waals surface area contributed by atoms with Crippen molar-refractivity contribution >= 4 is 5.91 Å². The fourth-order valence-electron chi connectivity index (χ4n) is 2.74. The first kappa shape index (κ1) is 21.2. The smallest absolute Gasteiger partial charge is 0.217 e. The molecule has 0 saturated carbocycles. The monoisotopic (exact) mass is 309 g/mol. The highest BCUT2D eigenvalue weighted by Crippen LogP contribution is 2.13. The summed E-state index contributed by atoms with van der Waals surface area (Å²) in [7, 11) is 0. The van der Waals surface area contributed by atoms with Crippen molar-refractivity contribution in [3.8, 4) is 0 Å². The Kier molecular flexibility index (Phi) is 17.6. The average Bonchev–Trinajstić information content (AvgIpc) is 2.50. The molecule has 1 amide bonds. The Balaban J connectivity index is 3.04. The van der Waals surface area contributed by atoms with Crippen molar-refractivity contribution in [2.24, 2.45) is 5.73 Å². The van der Waals surface area contributed by atoms with Gasteiger partial charge in [0.2, 0.25) is 5.91 Å². The van der Waals surface area contributed by atoms with Crippen LogP contribution in [0.2, 0.25) is 0 Å². The van der Waals surface area contributed by atoms with E-state index in [1.165, 1.54) is 83.5 Å². The first-order chi connectivity index (χ1) is 10.8. The second-order valence-corrected chi connectivity index (χ2v) is 6.51. The summed E-state index contributed by atoms with van der Waals surface area (Å²) in [5.74, 6) is -0.203. The van der Waals surface area contributed by atoms with Crippen molar-refractivity contribution < 1.29 is 4.79 Å². The number of unbranched alkanes of at least 4 members (excludes halogenated alkanes) is 13. The third kappa shape index (κ3) is 19.2. The van der Waals surface area contributed by atoms with Gasteiger partial charge in [-0.25, -0.2) is 0 Å². The van der Waals surface area contributed by atoms with Crippen LogP contribution in [0.3, 0.4) is 0 Å². The predicted molar refractivity (Wildman–Crippen MR) is 97.9 cm³/mol. The number of hydrogen-bond acceptors (Lipinski definition) is 1. The first-order valence-corrected chi connectivity index (χ1v) is 9.70. The van der Waals surface area contributed by atoms with Crippen molar-refractivity contribution in [2.45, 2.75) is 110 Å². The van der Waals surface area contributed by atoms with E-state index in [9.17, 15) is 4.79 Å². The Hall–Kier alpha value is -0.790. The molecule has 0 unspecified atom stereocenters. The lowest BCUT2D eigenvalue weighted by molar-refractivity contribution is -0.117. The quantitative estimate of drug-likeness (QED) is 0.249. The molecule has 0 saturated heterocycles. The fraction of sp³-hybridized carbons (Fsp3) is 0.850. The second kappa shape index (κ2) is 18.3. The second-order valence-electron chi connectivity index (χ2n) is 6.51. The molecule has 0 aromatic rings. The van der Waals surface area contributed by atoms with Crippen LogP contribution in [0.4, 0.5) is 0 Å². The number of primary amides is 1. The van der Waals surface area contributed by atoms with Gasteiger partial charge in [0.05, 0.1) is 0 Å². The zero-order valence-corrected chi connectivity index (χ0v) is 15.0. The molecule has 0 aromatic carbocycles. The summed E-state index contributed by atoms with van der Waals surface area (Å²) in [6.07, 6.45) is 25.0. The van der Waals surface area contributed by atoms with Crippen LogP contribution in [0.25, 0.3) is 0 Å². The molecular formula is C20H39NO. The number of nitrogens with two attached hydrogens (primary N) is 1. The Labute approximate surface area is 138 Å². The van der Waals surface area contributed by atoms with Gasteiger partial charge in [-0.15, -0.1) is 0 Å². The highest BCUT2D eigenvalue weighted by Gasteiger charge is 1.93. The third-order valence-electron chi connectivity index (χ3n) is 4.20. The Morgan fingerprint density at radius 1 is 0.682 bits per heavy atom. The maximum absolute atomic E-state index is 10.5. The normalized spacial score (nSPS) is 11.3. The molecule has 0 aromatic heterocycles. The highest BCUT2D eigenvalue weighted by molar-refractivity contribution is 5.73. The third-order valence-corrected chi connectivity index (χ3v) is 4.20. The summed E-state index contributed by atoms with van der Waals surface area (Å²) >= 11 is 0. The zero-order valence-electron chi connectivity index (χ0n) is 15.0. The number of hydrogen-bond donors (Lipinski definition) is 1. The van der Waals surface area contributed by atoms with E-state index in [1.54, 1.807) is 0 Å². The molecule has 22 heavy (non-hydrogen) atoms. The van der Waals surface area contributed by atoms with E-state index >= 15 is 0 Å². The summed E-state index contributed by atoms with van der Waals surface area (Å²) in [6.45, 7) is 2.28. The van der Waals surface area contributed by atoms with Gasteiger partial charge < -0.3 is 5.73 Å². The Bertz CT molecular complexity index is 260. The highest BCUT2D eigenvalue weighted by atomic mass is 16.1. The van der Waals surface area contributed by atoms with E-state index in [4.69, 9.17) is 5.73 Å². The van der Waals surface area contributed by atoms with Crippen LogP contribution >= 0.6 is 0 Å². The SMILES string of the molecule is CCCCCCCCCCCCCCC/C=C/CCC(N)=O. The van der Waals surface area contributed by atoms with Gasteiger partial charge >= 0.3 is 0 Å². The molecule has 0 spiro atoms. The minimum atomic E-state index is -0.203. The summed E-state index contributed by atoms with van der Waals surface area (Å²) in [5.41, 5.74) is 5.09. The largest absolute Gasteiger partial charge is 0.370 e. The van der Waals surface area contributed by atoms with Crippen LogP contribution in [0.1, 0.15) is 110 Å². The molecule has 0 aliphatic carbocycles. The number of carbonyl (C=O) groups is 1. The minimum Gasteiger partial charge on any atom is -0.370 e. The van der Waals surface area contributed by atoms with E-state index in [0.29, 0.717) is 6.42 Å². The lowest BCUT2D eigenvalue weighted by Crippen LogP contribution is -2.08. The number of rotatable bonds is 17. The van der Waals surface area contributed by atoms with Crippen LogP contribution < -0.4 is 5.73 Å². The molecule has 2 nitrogen and oxygen atoms in total. The number of amides is 1. The van der Waals surface area contributed by atoms with Gasteiger partial charge in [-0.05, 0) is 19.3 Å². The summed E-state index contributed by atoms with van der Waals surface area (Å²) in [4.78, 5) is 10.5. The van der Waals surface area contributed by atoms with E-state index in [0.717, 1.165) is 12.8 Å². The maximum Gasteiger partial charge on any atom is 0.217 e. The molecule has 0 radical (unpaired) electrons. The van der Waals surface area contributed by atoms with Crippen molar-refractivity contribution in [1.29, 1.82) is 0 Å². The zero-order chi connectivity index (χ0) is 16.3.